The minimum Gasteiger partial charge on any atom is -0.324 e. The van der Waals surface area contributed by atoms with Crippen molar-refractivity contribution in [1.82, 2.24) is 5.32 Å². The highest BCUT2D eigenvalue weighted by molar-refractivity contribution is 7.92. The zero-order valence-corrected chi connectivity index (χ0v) is 14.3. The number of benzene rings is 1. The topological polar surface area (TPSA) is 87.3 Å². The maximum atomic E-state index is 12.3. The largest absolute Gasteiger partial charge is 0.324 e. The van der Waals surface area contributed by atoms with Crippen LogP contribution in [0.15, 0.2) is 18.2 Å². The first-order valence-electron chi connectivity index (χ1n) is 6.95. The molecule has 1 fully saturated rings. The van der Waals surface area contributed by atoms with Crippen LogP contribution in [0.25, 0.3) is 0 Å². The SMILES string of the molecule is Cc1ccc(NS(C)(=O)=O)c(NC(=O)C2CCCNC2)c1.Cl. The van der Waals surface area contributed by atoms with Crippen LogP contribution in [0.3, 0.4) is 0 Å². The number of aryl methyl sites for hydroxylation is 1. The fraction of sp³-hybridized carbons (Fsp3) is 0.500. The lowest BCUT2D eigenvalue weighted by molar-refractivity contribution is -0.120. The van der Waals surface area contributed by atoms with Crippen molar-refractivity contribution in [1.29, 1.82) is 0 Å². The number of piperidine rings is 1. The van der Waals surface area contributed by atoms with Crippen molar-refractivity contribution in [3.8, 4) is 0 Å². The summed E-state index contributed by atoms with van der Waals surface area (Å²) >= 11 is 0. The van der Waals surface area contributed by atoms with Crippen LogP contribution in [0.4, 0.5) is 11.4 Å². The van der Waals surface area contributed by atoms with Gasteiger partial charge in [0, 0.05) is 6.54 Å². The summed E-state index contributed by atoms with van der Waals surface area (Å²) in [5, 5.41) is 6.03. The molecule has 0 bridgehead atoms. The molecule has 1 atom stereocenters. The van der Waals surface area contributed by atoms with E-state index in [-0.39, 0.29) is 24.2 Å². The highest BCUT2D eigenvalue weighted by Crippen LogP contribution is 2.25. The Hall–Kier alpha value is -1.31. The molecule has 1 aromatic carbocycles. The number of amides is 1. The predicted molar refractivity (Wildman–Crippen MR) is 91.1 cm³/mol. The van der Waals surface area contributed by atoms with Crippen LogP contribution in [0, 0.1) is 12.8 Å². The molecule has 0 aromatic heterocycles. The lowest BCUT2D eigenvalue weighted by atomic mass is 9.98. The Morgan fingerprint density at radius 1 is 1.32 bits per heavy atom. The number of carbonyl (C=O) groups excluding carboxylic acids is 1. The summed E-state index contributed by atoms with van der Waals surface area (Å²) in [6.45, 7) is 3.49. The van der Waals surface area contributed by atoms with Gasteiger partial charge in [0.05, 0.1) is 23.5 Å². The number of anilines is 2. The summed E-state index contributed by atoms with van der Waals surface area (Å²) in [5.41, 5.74) is 1.84. The molecule has 1 amide bonds. The molecule has 1 aromatic rings. The number of nitrogens with one attached hydrogen (secondary N) is 3. The van der Waals surface area contributed by atoms with E-state index in [1.54, 1.807) is 18.2 Å². The third-order valence-electron chi connectivity index (χ3n) is 3.40. The molecule has 8 heteroatoms. The number of hydrogen-bond acceptors (Lipinski definition) is 4. The maximum Gasteiger partial charge on any atom is 0.229 e. The molecule has 22 heavy (non-hydrogen) atoms. The first-order valence-corrected chi connectivity index (χ1v) is 8.84. The Labute approximate surface area is 137 Å². The summed E-state index contributed by atoms with van der Waals surface area (Å²) in [6, 6.07) is 5.22. The van der Waals surface area contributed by atoms with Crippen LogP contribution in [0.2, 0.25) is 0 Å². The van der Waals surface area contributed by atoms with Gasteiger partial charge in [0.25, 0.3) is 0 Å². The van der Waals surface area contributed by atoms with Gasteiger partial charge in [0.2, 0.25) is 15.9 Å². The summed E-state index contributed by atoms with van der Waals surface area (Å²) in [4.78, 5) is 12.3. The highest BCUT2D eigenvalue weighted by Gasteiger charge is 2.22. The molecule has 1 aliphatic heterocycles. The number of carbonyl (C=O) groups is 1. The van der Waals surface area contributed by atoms with Gasteiger partial charge in [0.1, 0.15) is 0 Å². The maximum absolute atomic E-state index is 12.3. The van der Waals surface area contributed by atoms with Crippen LogP contribution in [-0.4, -0.2) is 33.7 Å². The third-order valence-corrected chi connectivity index (χ3v) is 3.99. The normalized spacial score (nSPS) is 18.2. The van der Waals surface area contributed by atoms with E-state index in [0.717, 1.165) is 31.2 Å². The Morgan fingerprint density at radius 2 is 2.05 bits per heavy atom. The first kappa shape index (κ1) is 18.7. The zero-order valence-electron chi connectivity index (χ0n) is 12.7. The van der Waals surface area contributed by atoms with E-state index in [9.17, 15) is 13.2 Å². The Morgan fingerprint density at radius 3 is 2.64 bits per heavy atom. The first-order chi connectivity index (χ1) is 9.85. The van der Waals surface area contributed by atoms with Crippen LogP contribution < -0.4 is 15.4 Å². The van der Waals surface area contributed by atoms with Gasteiger partial charge in [0.15, 0.2) is 0 Å². The van der Waals surface area contributed by atoms with Gasteiger partial charge in [-0.3, -0.25) is 9.52 Å². The summed E-state index contributed by atoms with van der Waals surface area (Å²) in [7, 11) is -3.39. The lowest BCUT2D eigenvalue weighted by Crippen LogP contribution is -2.37. The van der Waals surface area contributed by atoms with Crippen molar-refractivity contribution in [2.75, 3.05) is 29.4 Å². The fourth-order valence-corrected chi connectivity index (χ4v) is 2.94. The molecule has 2 rings (SSSR count). The molecular formula is C14H22ClN3O3S. The van der Waals surface area contributed by atoms with Crippen LogP contribution in [-0.2, 0) is 14.8 Å². The lowest BCUT2D eigenvalue weighted by Gasteiger charge is -2.22. The third kappa shape index (κ3) is 5.47. The van der Waals surface area contributed by atoms with Gasteiger partial charge < -0.3 is 10.6 Å². The van der Waals surface area contributed by atoms with Crippen molar-refractivity contribution in [2.45, 2.75) is 19.8 Å². The summed E-state index contributed by atoms with van der Waals surface area (Å²) < 4.78 is 25.2. The second-order valence-electron chi connectivity index (χ2n) is 5.46. The van der Waals surface area contributed by atoms with E-state index in [1.807, 2.05) is 6.92 Å². The summed E-state index contributed by atoms with van der Waals surface area (Å²) in [6.07, 6.45) is 2.91. The Kier molecular flexibility index (Phi) is 6.65. The molecule has 124 valence electrons. The minimum atomic E-state index is -3.39. The predicted octanol–water partition coefficient (Wildman–Crippen LogP) is 1.73. The fourth-order valence-electron chi connectivity index (χ4n) is 2.36. The van der Waals surface area contributed by atoms with E-state index in [1.165, 1.54) is 0 Å². The molecule has 1 aliphatic rings. The minimum absolute atomic E-state index is 0. The van der Waals surface area contributed by atoms with Gasteiger partial charge in [-0.1, -0.05) is 6.07 Å². The molecule has 3 N–H and O–H groups in total. The van der Waals surface area contributed by atoms with Crippen LogP contribution in [0.1, 0.15) is 18.4 Å². The molecule has 1 heterocycles. The van der Waals surface area contributed by atoms with Gasteiger partial charge in [-0.05, 0) is 44.0 Å². The quantitative estimate of drug-likeness (QED) is 0.774. The zero-order chi connectivity index (χ0) is 15.5. The molecule has 6 nitrogen and oxygen atoms in total. The summed E-state index contributed by atoms with van der Waals surface area (Å²) in [5.74, 6) is -0.158. The standard InChI is InChI=1S/C14H21N3O3S.ClH/c1-10-5-6-12(17-21(2,19)20)13(8-10)16-14(18)11-4-3-7-15-9-11;/h5-6,8,11,15,17H,3-4,7,9H2,1-2H3,(H,16,18);1H. The molecule has 1 unspecified atom stereocenters. The van der Waals surface area contributed by atoms with Crippen molar-refractivity contribution < 1.29 is 13.2 Å². The smallest absolute Gasteiger partial charge is 0.229 e. The number of sulfonamides is 1. The molecular weight excluding hydrogens is 326 g/mol. The van der Waals surface area contributed by atoms with Gasteiger partial charge >= 0.3 is 0 Å². The number of halogens is 1. The van der Waals surface area contributed by atoms with Crippen molar-refractivity contribution >= 4 is 39.7 Å². The van der Waals surface area contributed by atoms with Gasteiger partial charge in [-0.25, -0.2) is 8.42 Å². The monoisotopic (exact) mass is 347 g/mol. The molecule has 1 saturated heterocycles. The van der Waals surface area contributed by atoms with E-state index < -0.39 is 10.0 Å². The van der Waals surface area contributed by atoms with Gasteiger partial charge in [-0.15, -0.1) is 12.4 Å². The van der Waals surface area contributed by atoms with E-state index in [0.29, 0.717) is 17.9 Å². The second-order valence-corrected chi connectivity index (χ2v) is 7.20. The van der Waals surface area contributed by atoms with Crippen LogP contribution in [0.5, 0.6) is 0 Å². The van der Waals surface area contributed by atoms with Crippen LogP contribution >= 0.6 is 12.4 Å². The Bertz CT molecular complexity index is 628. The second kappa shape index (κ2) is 7.80. The average molecular weight is 348 g/mol. The number of rotatable bonds is 4. The van der Waals surface area contributed by atoms with Crippen molar-refractivity contribution in [3.05, 3.63) is 23.8 Å². The average Bonchev–Trinajstić information content (AvgIpc) is 2.41. The molecule has 0 saturated carbocycles. The Balaban J connectivity index is 0.00000242. The molecule has 0 spiro atoms. The molecule has 0 radical (unpaired) electrons. The van der Waals surface area contributed by atoms with Crippen molar-refractivity contribution in [3.63, 3.8) is 0 Å². The highest BCUT2D eigenvalue weighted by atomic mass is 35.5. The van der Waals surface area contributed by atoms with E-state index in [4.69, 9.17) is 0 Å². The van der Waals surface area contributed by atoms with Crippen molar-refractivity contribution in [2.24, 2.45) is 5.92 Å². The molecule has 0 aliphatic carbocycles. The van der Waals surface area contributed by atoms with E-state index >= 15 is 0 Å². The van der Waals surface area contributed by atoms with Gasteiger partial charge in [-0.2, -0.15) is 0 Å². The van der Waals surface area contributed by atoms with E-state index in [2.05, 4.69) is 15.4 Å². The number of hydrogen-bond donors (Lipinski definition) is 3.